The van der Waals surface area contributed by atoms with Gasteiger partial charge in [0.15, 0.2) is 5.82 Å². The summed E-state index contributed by atoms with van der Waals surface area (Å²) in [6, 6.07) is 1.61. The summed E-state index contributed by atoms with van der Waals surface area (Å²) in [6.45, 7) is 9.01. The molecule has 136 valence electrons. The van der Waals surface area contributed by atoms with Crippen molar-refractivity contribution in [2.75, 3.05) is 13.7 Å². The van der Waals surface area contributed by atoms with Crippen LogP contribution in [0.3, 0.4) is 0 Å². The Morgan fingerprint density at radius 1 is 1.48 bits per heavy atom. The van der Waals surface area contributed by atoms with Gasteiger partial charge >= 0.3 is 0 Å². The standard InChI is InChI=1S/C17H25N5O3/c1-6-22-15(8-13(19-22)10(2)3)17(23)21-9-12(24-5)7-14(21)16-18-11(4)20-25-16/h8,10,12,14H,6-7,9H2,1-5H3/t12-,14-/m1/s1. The zero-order valence-electron chi connectivity index (χ0n) is 15.4. The van der Waals surface area contributed by atoms with Crippen LogP contribution in [-0.2, 0) is 11.3 Å². The van der Waals surface area contributed by atoms with Gasteiger partial charge in [0.1, 0.15) is 11.7 Å². The maximum atomic E-state index is 13.2. The van der Waals surface area contributed by atoms with Gasteiger partial charge < -0.3 is 14.2 Å². The first-order valence-electron chi connectivity index (χ1n) is 8.66. The molecule has 3 rings (SSSR count). The molecule has 2 atom stereocenters. The first kappa shape index (κ1) is 17.6. The zero-order chi connectivity index (χ0) is 18.1. The molecule has 0 spiro atoms. The monoisotopic (exact) mass is 347 g/mol. The molecular formula is C17H25N5O3. The Morgan fingerprint density at radius 3 is 2.80 bits per heavy atom. The Hall–Kier alpha value is -2.22. The van der Waals surface area contributed by atoms with Crippen molar-refractivity contribution in [1.29, 1.82) is 0 Å². The molecule has 1 fully saturated rings. The summed E-state index contributed by atoms with van der Waals surface area (Å²) in [4.78, 5) is 19.3. The molecule has 3 heterocycles. The number of hydrogen-bond donors (Lipinski definition) is 0. The molecule has 0 aliphatic carbocycles. The van der Waals surface area contributed by atoms with Crippen LogP contribution in [0, 0.1) is 6.92 Å². The molecule has 0 N–H and O–H groups in total. The number of aryl methyl sites for hydroxylation is 2. The normalized spacial score (nSPS) is 20.6. The van der Waals surface area contributed by atoms with Gasteiger partial charge in [0.25, 0.3) is 5.91 Å². The highest BCUT2D eigenvalue weighted by molar-refractivity contribution is 5.93. The summed E-state index contributed by atoms with van der Waals surface area (Å²) < 4.78 is 12.6. The van der Waals surface area contributed by atoms with Gasteiger partial charge in [-0.1, -0.05) is 19.0 Å². The number of rotatable bonds is 5. The molecule has 1 amide bonds. The number of aromatic nitrogens is 4. The van der Waals surface area contributed by atoms with Crippen LogP contribution in [0.15, 0.2) is 10.6 Å². The molecule has 25 heavy (non-hydrogen) atoms. The molecular weight excluding hydrogens is 322 g/mol. The van der Waals surface area contributed by atoms with Crippen molar-refractivity contribution in [3.05, 3.63) is 29.2 Å². The maximum absolute atomic E-state index is 13.2. The fraction of sp³-hybridized carbons (Fsp3) is 0.647. The minimum atomic E-state index is -0.277. The van der Waals surface area contributed by atoms with Gasteiger partial charge in [-0.25, -0.2) is 0 Å². The number of carbonyl (C=O) groups excluding carboxylic acids is 1. The van der Waals surface area contributed by atoms with Gasteiger partial charge in [-0.15, -0.1) is 0 Å². The van der Waals surface area contributed by atoms with E-state index < -0.39 is 0 Å². The molecule has 2 aromatic heterocycles. The summed E-state index contributed by atoms with van der Waals surface area (Å²) in [5.41, 5.74) is 1.50. The van der Waals surface area contributed by atoms with Crippen LogP contribution in [-0.4, -0.2) is 50.5 Å². The van der Waals surface area contributed by atoms with E-state index in [0.29, 0.717) is 36.9 Å². The van der Waals surface area contributed by atoms with Gasteiger partial charge in [-0.05, 0) is 25.8 Å². The number of methoxy groups -OCH3 is 1. The van der Waals surface area contributed by atoms with E-state index in [1.165, 1.54) is 0 Å². The van der Waals surface area contributed by atoms with Crippen LogP contribution in [0.4, 0.5) is 0 Å². The lowest BCUT2D eigenvalue weighted by Gasteiger charge is -2.21. The number of hydrogen-bond acceptors (Lipinski definition) is 6. The summed E-state index contributed by atoms with van der Waals surface area (Å²) in [6.07, 6.45) is 0.588. The fourth-order valence-corrected chi connectivity index (χ4v) is 3.15. The predicted octanol–water partition coefficient (Wildman–Crippen LogP) is 2.32. The Kier molecular flexibility index (Phi) is 4.89. The molecule has 0 aromatic carbocycles. The highest BCUT2D eigenvalue weighted by atomic mass is 16.5. The second kappa shape index (κ2) is 6.95. The Morgan fingerprint density at radius 2 is 2.24 bits per heavy atom. The predicted molar refractivity (Wildman–Crippen MR) is 90.2 cm³/mol. The van der Waals surface area contributed by atoms with E-state index in [1.54, 1.807) is 23.6 Å². The number of amides is 1. The molecule has 0 unspecified atom stereocenters. The lowest BCUT2D eigenvalue weighted by molar-refractivity contribution is 0.0659. The van der Waals surface area contributed by atoms with Crippen LogP contribution < -0.4 is 0 Å². The number of ether oxygens (including phenoxy) is 1. The van der Waals surface area contributed by atoms with Crippen molar-refractivity contribution in [1.82, 2.24) is 24.8 Å². The molecule has 1 aliphatic rings. The second-order valence-corrected chi connectivity index (χ2v) is 6.67. The summed E-state index contributed by atoms with van der Waals surface area (Å²) in [5, 5.41) is 8.41. The van der Waals surface area contributed by atoms with Crippen LogP contribution in [0.2, 0.25) is 0 Å². The van der Waals surface area contributed by atoms with E-state index in [4.69, 9.17) is 9.26 Å². The summed E-state index contributed by atoms with van der Waals surface area (Å²) in [7, 11) is 1.65. The molecule has 0 bridgehead atoms. The largest absolute Gasteiger partial charge is 0.380 e. The fourth-order valence-electron chi connectivity index (χ4n) is 3.15. The topological polar surface area (TPSA) is 86.3 Å². The summed E-state index contributed by atoms with van der Waals surface area (Å²) in [5.74, 6) is 1.20. The Bertz CT molecular complexity index is 751. The Labute approximate surface area is 147 Å². The van der Waals surface area contributed by atoms with Gasteiger partial charge in [0.2, 0.25) is 5.89 Å². The van der Waals surface area contributed by atoms with Crippen molar-refractivity contribution in [2.24, 2.45) is 0 Å². The minimum Gasteiger partial charge on any atom is -0.380 e. The van der Waals surface area contributed by atoms with Crippen molar-refractivity contribution < 1.29 is 14.1 Å². The molecule has 8 heteroatoms. The van der Waals surface area contributed by atoms with Crippen molar-refractivity contribution in [3.63, 3.8) is 0 Å². The Balaban J connectivity index is 1.93. The molecule has 1 saturated heterocycles. The van der Waals surface area contributed by atoms with E-state index in [1.807, 2.05) is 13.0 Å². The van der Waals surface area contributed by atoms with E-state index in [9.17, 15) is 4.79 Å². The zero-order valence-corrected chi connectivity index (χ0v) is 15.4. The second-order valence-electron chi connectivity index (χ2n) is 6.67. The first-order chi connectivity index (χ1) is 11.9. The highest BCUT2D eigenvalue weighted by Crippen LogP contribution is 2.34. The lowest BCUT2D eigenvalue weighted by Crippen LogP contribution is -2.33. The molecule has 0 saturated carbocycles. The molecule has 8 nitrogen and oxygen atoms in total. The van der Waals surface area contributed by atoms with Crippen molar-refractivity contribution >= 4 is 5.91 Å². The van der Waals surface area contributed by atoms with Gasteiger partial charge in [0, 0.05) is 26.6 Å². The van der Waals surface area contributed by atoms with Crippen LogP contribution in [0.5, 0.6) is 0 Å². The third-order valence-corrected chi connectivity index (χ3v) is 4.59. The number of nitrogens with zero attached hydrogens (tertiary/aromatic N) is 5. The molecule has 2 aromatic rings. The van der Waals surface area contributed by atoms with Crippen LogP contribution in [0.1, 0.15) is 67.0 Å². The minimum absolute atomic E-state index is 0.0521. The highest BCUT2D eigenvalue weighted by Gasteiger charge is 2.40. The summed E-state index contributed by atoms with van der Waals surface area (Å²) >= 11 is 0. The average molecular weight is 347 g/mol. The van der Waals surface area contributed by atoms with Gasteiger partial charge in [-0.2, -0.15) is 10.1 Å². The van der Waals surface area contributed by atoms with E-state index in [2.05, 4.69) is 29.1 Å². The van der Waals surface area contributed by atoms with Crippen LogP contribution >= 0.6 is 0 Å². The third kappa shape index (κ3) is 3.30. The SMILES string of the molecule is CCn1nc(C(C)C)cc1C(=O)N1C[C@H](OC)C[C@@H]1c1nc(C)no1. The van der Waals surface area contributed by atoms with Crippen molar-refractivity contribution in [2.45, 2.75) is 58.7 Å². The smallest absolute Gasteiger partial charge is 0.272 e. The lowest BCUT2D eigenvalue weighted by atomic mass is 10.1. The molecule has 0 radical (unpaired) electrons. The average Bonchev–Trinajstić information content (AvgIpc) is 3.30. The van der Waals surface area contributed by atoms with Gasteiger partial charge in [0.05, 0.1) is 11.8 Å². The van der Waals surface area contributed by atoms with Crippen LogP contribution in [0.25, 0.3) is 0 Å². The van der Waals surface area contributed by atoms with E-state index >= 15 is 0 Å². The maximum Gasteiger partial charge on any atom is 0.272 e. The first-order valence-corrected chi connectivity index (χ1v) is 8.66. The van der Waals surface area contributed by atoms with Crippen molar-refractivity contribution in [3.8, 4) is 0 Å². The third-order valence-electron chi connectivity index (χ3n) is 4.59. The quantitative estimate of drug-likeness (QED) is 0.825. The number of carbonyl (C=O) groups is 1. The van der Waals surface area contributed by atoms with E-state index in [0.717, 1.165) is 5.69 Å². The van der Waals surface area contributed by atoms with E-state index in [-0.39, 0.29) is 24.0 Å². The molecule has 1 aliphatic heterocycles. The number of likely N-dealkylation sites (tertiary alicyclic amines) is 1. The van der Waals surface area contributed by atoms with Gasteiger partial charge in [-0.3, -0.25) is 9.48 Å².